The fourth-order valence-electron chi connectivity index (χ4n) is 0.958. The maximum Gasteiger partial charge on any atom is 0.0499 e. The van der Waals surface area contributed by atoms with Crippen molar-refractivity contribution in [3.63, 3.8) is 0 Å². The Balaban J connectivity index is 0.000000461. The molecule has 0 radical (unpaired) electrons. The molecule has 1 saturated carbocycles. The van der Waals surface area contributed by atoms with E-state index in [1.165, 1.54) is 12.8 Å². The van der Waals surface area contributed by atoms with E-state index in [1.54, 1.807) is 0 Å². The third kappa shape index (κ3) is 3.73. The summed E-state index contributed by atoms with van der Waals surface area (Å²) in [5, 5.41) is 12.1. The van der Waals surface area contributed by atoms with Crippen molar-refractivity contribution in [3.8, 4) is 0 Å². The lowest BCUT2D eigenvalue weighted by Gasteiger charge is -2.10. The minimum atomic E-state index is 0.288. The van der Waals surface area contributed by atoms with E-state index in [0.29, 0.717) is 6.61 Å². The van der Waals surface area contributed by atoms with Crippen LogP contribution >= 0.6 is 0 Å². The topological polar surface area (TPSA) is 32.3 Å². The largest absolute Gasteiger partial charge is 0.396 e. The van der Waals surface area contributed by atoms with Crippen LogP contribution in [0.4, 0.5) is 0 Å². The van der Waals surface area contributed by atoms with Crippen LogP contribution < -0.4 is 5.32 Å². The van der Waals surface area contributed by atoms with Crippen LogP contribution in [0.15, 0.2) is 0 Å². The zero-order valence-electron chi connectivity index (χ0n) is 7.98. The van der Waals surface area contributed by atoms with E-state index in [-0.39, 0.29) is 5.41 Å². The monoisotopic (exact) mass is 159 g/mol. The molecule has 0 spiro atoms. The normalized spacial score (nSPS) is 18.5. The first kappa shape index (κ1) is 10.9. The third-order valence-corrected chi connectivity index (χ3v) is 2.04. The van der Waals surface area contributed by atoms with Crippen LogP contribution in [-0.2, 0) is 0 Å². The van der Waals surface area contributed by atoms with Crippen molar-refractivity contribution in [3.05, 3.63) is 0 Å². The molecule has 0 aromatic heterocycles. The van der Waals surface area contributed by atoms with Gasteiger partial charge in [0.2, 0.25) is 0 Å². The van der Waals surface area contributed by atoms with Crippen molar-refractivity contribution in [2.75, 3.05) is 19.7 Å². The maximum atomic E-state index is 8.84. The summed E-state index contributed by atoms with van der Waals surface area (Å²) in [5.41, 5.74) is 0.288. The Morgan fingerprint density at radius 1 is 1.36 bits per heavy atom. The standard InChI is InChI=1S/C7H15NO.C2H6/c1-2-8-5-7(6-9)3-4-7;1-2/h8-9H,2-6H2,1H3;1-2H3. The van der Waals surface area contributed by atoms with Gasteiger partial charge in [-0.15, -0.1) is 0 Å². The highest BCUT2D eigenvalue weighted by Gasteiger charge is 2.41. The molecule has 0 heterocycles. The second-order valence-electron chi connectivity index (χ2n) is 2.94. The second-order valence-corrected chi connectivity index (χ2v) is 2.94. The zero-order chi connectivity index (χ0) is 8.74. The predicted molar refractivity (Wildman–Crippen MR) is 48.6 cm³/mol. The molecule has 1 rings (SSSR count). The van der Waals surface area contributed by atoms with Gasteiger partial charge in [-0.05, 0) is 19.4 Å². The van der Waals surface area contributed by atoms with E-state index >= 15 is 0 Å². The van der Waals surface area contributed by atoms with Gasteiger partial charge in [0.15, 0.2) is 0 Å². The minimum Gasteiger partial charge on any atom is -0.396 e. The van der Waals surface area contributed by atoms with Crippen LogP contribution in [0, 0.1) is 5.41 Å². The Kier molecular flexibility index (Phi) is 5.51. The molecule has 11 heavy (non-hydrogen) atoms. The predicted octanol–water partition coefficient (Wildman–Crippen LogP) is 1.39. The Morgan fingerprint density at radius 3 is 2.18 bits per heavy atom. The average Bonchev–Trinajstić information content (AvgIpc) is 2.86. The van der Waals surface area contributed by atoms with Gasteiger partial charge in [-0.2, -0.15) is 0 Å². The van der Waals surface area contributed by atoms with Gasteiger partial charge >= 0.3 is 0 Å². The lowest BCUT2D eigenvalue weighted by molar-refractivity contribution is 0.208. The van der Waals surface area contributed by atoms with E-state index in [4.69, 9.17) is 5.11 Å². The minimum absolute atomic E-state index is 0.288. The molecule has 0 unspecified atom stereocenters. The summed E-state index contributed by atoms with van der Waals surface area (Å²) in [5.74, 6) is 0. The van der Waals surface area contributed by atoms with Gasteiger partial charge in [0.25, 0.3) is 0 Å². The van der Waals surface area contributed by atoms with E-state index in [9.17, 15) is 0 Å². The van der Waals surface area contributed by atoms with E-state index in [1.807, 2.05) is 13.8 Å². The first-order valence-corrected chi connectivity index (χ1v) is 4.64. The molecule has 0 aromatic rings. The van der Waals surface area contributed by atoms with E-state index in [2.05, 4.69) is 12.2 Å². The van der Waals surface area contributed by atoms with Crippen LogP contribution in [0.5, 0.6) is 0 Å². The van der Waals surface area contributed by atoms with Gasteiger partial charge in [0, 0.05) is 18.6 Å². The van der Waals surface area contributed by atoms with Gasteiger partial charge in [0.05, 0.1) is 0 Å². The molecule has 2 nitrogen and oxygen atoms in total. The molecule has 0 saturated heterocycles. The molecular formula is C9H21NO. The summed E-state index contributed by atoms with van der Waals surface area (Å²) in [6.07, 6.45) is 2.41. The highest BCUT2D eigenvalue weighted by atomic mass is 16.3. The highest BCUT2D eigenvalue weighted by molar-refractivity contribution is 4.93. The van der Waals surface area contributed by atoms with Gasteiger partial charge in [-0.25, -0.2) is 0 Å². The number of rotatable bonds is 4. The van der Waals surface area contributed by atoms with Gasteiger partial charge in [-0.3, -0.25) is 0 Å². The molecule has 2 N–H and O–H groups in total. The van der Waals surface area contributed by atoms with Gasteiger partial charge < -0.3 is 10.4 Å². The number of aliphatic hydroxyl groups is 1. The molecule has 1 aliphatic carbocycles. The fraction of sp³-hybridized carbons (Fsp3) is 1.00. The Morgan fingerprint density at radius 2 is 1.91 bits per heavy atom. The summed E-state index contributed by atoms with van der Waals surface area (Å²) >= 11 is 0. The fourth-order valence-corrected chi connectivity index (χ4v) is 0.958. The maximum absolute atomic E-state index is 8.84. The Bertz CT molecular complexity index is 89.6. The molecule has 0 amide bonds. The molecule has 0 aliphatic heterocycles. The molecular weight excluding hydrogens is 138 g/mol. The second kappa shape index (κ2) is 5.56. The van der Waals surface area contributed by atoms with Crippen LogP contribution in [0.1, 0.15) is 33.6 Å². The summed E-state index contributed by atoms with van der Waals surface area (Å²) in [4.78, 5) is 0. The SMILES string of the molecule is CC.CCNCC1(CO)CC1. The Hall–Kier alpha value is -0.0800. The van der Waals surface area contributed by atoms with Gasteiger partial charge in [0.1, 0.15) is 0 Å². The van der Waals surface area contributed by atoms with Crippen molar-refractivity contribution < 1.29 is 5.11 Å². The van der Waals surface area contributed by atoms with E-state index < -0.39 is 0 Å². The number of nitrogens with one attached hydrogen (secondary N) is 1. The molecule has 2 heteroatoms. The molecule has 0 bridgehead atoms. The number of hydrogen-bond acceptors (Lipinski definition) is 2. The number of aliphatic hydroxyl groups excluding tert-OH is 1. The van der Waals surface area contributed by atoms with Crippen LogP contribution in [0.3, 0.4) is 0 Å². The molecule has 68 valence electrons. The first-order valence-electron chi connectivity index (χ1n) is 4.64. The molecule has 1 fully saturated rings. The van der Waals surface area contributed by atoms with E-state index in [0.717, 1.165) is 13.1 Å². The average molecular weight is 159 g/mol. The highest BCUT2D eigenvalue weighted by Crippen LogP contribution is 2.44. The first-order chi connectivity index (χ1) is 5.33. The number of hydrogen-bond donors (Lipinski definition) is 2. The summed E-state index contributed by atoms with van der Waals surface area (Å²) in [6, 6.07) is 0. The quantitative estimate of drug-likeness (QED) is 0.650. The molecule has 1 aliphatic rings. The summed E-state index contributed by atoms with van der Waals surface area (Å²) < 4.78 is 0. The smallest absolute Gasteiger partial charge is 0.0499 e. The van der Waals surface area contributed by atoms with Gasteiger partial charge in [-0.1, -0.05) is 20.8 Å². The lowest BCUT2D eigenvalue weighted by atomic mass is 10.1. The van der Waals surface area contributed by atoms with Crippen molar-refractivity contribution in [1.82, 2.24) is 5.32 Å². The lowest BCUT2D eigenvalue weighted by Crippen LogP contribution is -2.25. The van der Waals surface area contributed by atoms with Crippen molar-refractivity contribution >= 4 is 0 Å². The molecule has 0 atom stereocenters. The van der Waals surface area contributed by atoms with Crippen LogP contribution in [0.25, 0.3) is 0 Å². The Labute approximate surface area is 70.0 Å². The summed E-state index contributed by atoms with van der Waals surface area (Å²) in [7, 11) is 0. The van der Waals surface area contributed by atoms with Crippen LogP contribution in [0.2, 0.25) is 0 Å². The molecule has 0 aromatic carbocycles. The third-order valence-electron chi connectivity index (χ3n) is 2.04. The van der Waals surface area contributed by atoms with Crippen LogP contribution in [-0.4, -0.2) is 24.8 Å². The van der Waals surface area contributed by atoms with Crippen molar-refractivity contribution in [1.29, 1.82) is 0 Å². The zero-order valence-corrected chi connectivity index (χ0v) is 7.98. The summed E-state index contributed by atoms with van der Waals surface area (Å²) in [6.45, 7) is 8.47. The van der Waals surface area contributed by atoms with Crippen molar-refractivity contribution in [2.45, 2.75) is 33.6 Å². The van der Waals surface area contributed by atoms with Crippen molar-refractivity contribution in [2.24, 2.45) is 5.41 Å².